The number of benzene rings is 2. The summed E-state index contributed by atoms with van der Waals surface area (Å²) in [5.41, 5.74) is 3.41. The van der Waals surface area contributed by atoms with E-state index < -0.39 is 0 Å². The zero-order chi connectivity index (χ0) is 23.2. The first-order valence-electron chi connectivity index (χ1n) is 11.3. The number of aromatic nitrogens is 3. The van der Waals surface area contributed by atoms with Gasteiger partial charge in [0, 0.05) is 24.5 Å². The molecule has 0 spiro atoms. The summed E-state index contributed by atoms with van der Waals surface area (Å²) in [7, 11) is 3.65. The first kappa shape index (κ1) is 23.6. The molecule has 4 rings (SSSR count). The number of phenolic OH excluding ortho intramolecular Hbond substituents is 1. The summed E-state index contributed by atoms with van der Waals surface area (Å²) in [6.07, 6.45) is 2.36. The van der Waals surface area contributed by atoms with Crippen LogP contribution in [-0.2, 0) is 30.1 Å². The van der Waals surface area contributed by atoms with Gasteiger partial charge in [0.1, 0.15) is 17.3 Å². The summed E-state index contributed by atoms with van der Waals surface area (Å²) < 4.78 is 13.4. The normalized spacial score (nSPS) is 15.9. The van der Waals surface area contributed by atoms with Gasteiger partial charge in [0.15, 0.2) is 5.16 Å². The average Bonchev–Trinajstić information content (AvgIpc) is 3.46. The van der Waals surface area contributed by atoms with Crippen LogP contribution in [-0.4, -0.2) is 51.6 Å². The van der Waals surface area contributed by atoms with E-state index in [1.165, 1.54) is 11.1 Å². The van der Waals surface area contributed by atoms with Crippen LogP contribution < -0.4 is 4.74 Å². The predicted octanol–water partition coefficient (Wildman–Crippen LogP) is 4.40. The number of aryl methyl sites for hydroxylation is 1. The van der Waals surface area contributed by atoms with Gasteiger partial charge in [-0.25, -0.2) is 0 Å². The summed E-state index contributed by atoms with van der Waals surface area (Å²) >= 11 is 1.72. The van der Waals surface area contributed by atoms with Crippen molar-refractivity contribution in [3.05, 3.63) is 65.0 Å². The highest BCUT2D eigenvalue weighted by Crippen LogP contribution is 2.27. The second-order valence-electron chi connectivity index (χ2n) is 8.53. The molecule has 0 bridgehead atoms. The van der Waals surface area contributed by atoms with Crippen LogP contribution in [0, 0.1) is 6.92 Å². The maximum absolute atomic E-state index is 10.3. The lowest BCUT2D eigenvalue weighted by Crippen LogP contribution is -2.23. The molecule has 1 aliphatic rings. The van der Waals surface area contributed by atoms with Gasteiger partial charge < -0.3 is 19.1 Å². The molecule has 1 saturated heterocycles. The monoisotopic (exact) mass is 468 g/mol. The number of rotatable bonds is 10. The first-order chi connectivity index (χ1) is 16.0. The fraction of sp³-hybridized carbons (Fsp3) is 0.440. The van der Waals surface area contributed by atoms with Gasteiger partial charge in [0.05, 0.1) is 26.3 Å². The van der Waals surface area contributed by atoms with E-state index in [9.17, 15) is 5.11 Å². The third kappa shape index (κ3) is 6.07. The largest absolute Gasteiger partial charge is 0.508 e. The summed E-state index contributed by atoms with van der Waals surface area (Å²) in [5.74, 6) is 2.75. The molecule has 1 atom stereocenters. The molecule has 8 heteroatoms. The van der Waals surface area contributed by atoms with Crippen molar-refractivity contribution in [3.8, 4) is 11.5 Å². The smallest absolute Gasteiger partial charge is 0.191 e. The Morgan fingerprint density at radius 2 is 2.03 bits per heavy atom. The zero-order valence-electron chi connectivity index (χ0n) is 19.5. The van der Waals surface area contributed by atoms with Gasteiger partial charge in [-0.1, -0.05) is 36.0 Å². The summed E-state index contributed by atoms with van der Waals surface area (Å²) in [5, 5.41) is 20.2. The molecule has 0 aliphatic carbocycles. The number of hydrogen-bond donors (Lipinski definition) is 1. The Morgan fingerprint density at radius 1 is 1.18 bits per heavy atom. The van der Waals surface area contributed by atoms with E-state index in [0.29, 0.717) is 13.1 Å². The van der Waals surface area contributed by atoms with Gasteiger partial charge in [0.25, 0.3) is 0 Å². The van der Waals surface area contributed by atoms with Gasteiger partial charge in [-0.15, -0.1) is 10.2 Å². The minimum atomic E-state index is 0.199. The SMILES string of the molecule is COc1ccc(O)c(CN(C)Cc2nnc(SCc3ccccc3C)n2CC2CCCO2)c1. The van der Waals surface area contributed by atoms with E-state index in [4.69, 9.17) is 9.47 Å². The molecule has 2 aromatic carbocycles. The highest BCUT2D eigenvalue weighted by atomic mass is 32.2. The van der Waals surface area contributed by atoms with Crippen molar-refractivity contribution in [2.75, 3.05) is 20.8 Å². The highest BCUT2D eigenvalue weighted by Gasteiger charge is 2.22. The Balaban J connectivity index is 1.49. The number of methoxy groups -OCH3 is 1. The molecule has 1 N–H and O–H groups in total. The lowest BCUT2D eigenvalue weighted by Gasteiger charge is -2.20. The summed E-state index contributed by atoms with van der Waals surface area (Å²) in [6.45, 7) is 4.91. The van der Waals surface area contributed by atoms with Crippen molar-refractivity contribution in [2.24, 2.45) is 0 Å². The van der Waals surface area contributed by atoms with Crippen LogP contribution in [0.5, 0.6) is 11.5 Å². The van der Waals surface area contributed by atoms with Crippen molar-refractivity contribution in [1.82, 2.24) is 19.7 Å². The highest BCUT2D eigenvalue weighted by molar-refractivity contribution is 7.98. The number of phenols is 1. The quantitative estimate of drug-likeness (QED) is 0.442. The molecule has 2 heterocycles. The number of hydrogen-bond acceptors (Lipinski definition) is 7. The summed E-state index contributed by atoms with van der Waals surface area (Å²) in [4.78, 5) is 2.13. The molecule has 1 fully saturated rings. The Hall–Kier alpha value is -2.55. The molecule has 1 aliphatic heterocycles. The van der Waals surface area contributed by atoms with E-state index in [0.717, 1.165) is 54.0 Å². The second-order valence-corrected chi connectivity index (χ2v) is 9.47. The topological polar surface area (TPSA) is 72.6 Å². The third-order valence-electron chi connectivity index (χ3n) is 5.96. The van der Waals surface area contributed by atoms with Gasteiger partial charge in [0.2, 0.25) is 0 Å². The number of nitrogens with zero attached hydrogens (tertiary/aromatic N) is 4. The Kier molecular flexibility index (Phi) is 7.90. The average molecular weight is 469 g/mol. The van der Waals surface area contributed by atoms with Crippen LogP contribution in [0.15, 0.2) is 47.6 Å². The van der Waals surface area contributed by atoms with Gasteiger partial charge in [-0.3, -0.25) is 4.90 Å². The molecule has 0 radical (unpaired) electrons. The van der Waals surface area contributed by atoms with Crippen molar-refractivity contribution >= 4 is 11.8 Å². The van der Waals surface area contributed by atoms with Gasteiger partial charge in [-0.2, -0.15) is 0 Å². The van der Waals surface area contributed by atoms with Crippen LogP contribution >= 0.6 is 11.8 Å². The van der Waals surface area contributed by atoms with E-state index in [1.807, 2.05) is 13.1 Å². The zero-order valence-corrected chi connectivity index (χ0v) is 20.3. The van der Waals surface area contributed by atoms with Crippen LogP contribution in [0.3, 0.4) is 0 Å². The van der Waals surface area contributed by atoms with E-state index in [-0.39, 0.29) is 11.9 Å². The third-order valence-corrected chi connectivity index (χ3v) is 6.98. The molecular weight excluding hydrogens is 436 g/mol. The van der Waals surface area contributed by atoms with Gasteiger partial charge in [-0.05, 0) is 56.1 Å². The lowest BCUT2D eigenvalue weighted by atomic mass is 10.1. The minimum absolute atomic E-state index is 0.199. The standard InChI is InChI=1S/C25H32N4O3S/c1-18-7-4-5-8-19(18)17-33-25-27-26-24(29(25)15-22-9-6-12-32-22)16-28(2)14-20-13-21(31-3)10-11-23(20)30/h4-5,7-8,10-11,13,22,30H,6,9,12,14-17H2,1-3H3. The fourth-order valence-electron chi connectivity index (χ4n) is 4.04. The Labute approximate surface area is 199 Å². The maximum atomic E-state index is 10.3. The van der Waals surface area contributed by atoms with Crippen molar-refractivity contribution in [2.45, 2.75) is 56.4 Å². The number of ether oxygens (including phenoxy) is 2. The molecule has 33 heavy (non-hydrogen) atoms. The molecule has 0 amide bonds. The predicted molar refractivity (Wildman–Crippen MR) is 130 cm³/mol. The summed E-state index contributed by atoms with van der Waals surface area (Å²) in [6, 6.07) is 13.7. The van der Waals surface area contributed by atoms with Gasteiger partial charge >= 0.3 is 0 Å². The maximum Gasteiger partial charge on any atom is 0.191 e. The second kappa shape index (κ2) is 11.0. The van der Waals surface area contributed by atoms with E-state index in [2.05, 4.69) is 50.9 Å². The van der Waals surface area contributed by atoms with E-state index in [1.54, 1.807) is 31.0 Å². The number of thioether (sulfide) groups is 1. The molecular formula is C25H32N4O3S. The van der Waals surface area contributed by atoms with Crippen LogP contribution in [0.4, 0.5) is 0 Å². The first-order valence-corrected chi connectivity index (χ1v) is 12.3. The molecule has 176 valence electrons. The van der Waals surface area contributed by atoms with Crippen molar-refractivity contribution < 1.29 is 14.6 Å². The minimum Gasteiger partial charge on any atom is -0.508 e. The Bertz CT molecular complexity index is 1070. The molecule has 1 unspecified atom stereocenters. The van der Waals surface area contributed by atoms with E-state index >= 15 is 0 Å². The lowest BCUT2D eigenvalue weighted by molar-refractivity contribution is 0.0934. The van der Waals surface area contributed by atoms with Crippen LogP contribution in [0.1, 0.15) is 35.4 Å². The molecule has 1 aromatic heterocycles. The number of aromatic hydroxyl groups is 1. The fourth-order valence-corrected chi connectivity index (χ4v) is 5.08. The van der Waals surface area contributed by atoms with Crippen molar-refractivity contribution in [3.63, 3.8) is 0 Å². The van der Waals surface area contributed by atoms with Crippen LogP contribution in [0.2, 0.25) is 0 Å². The van der Waals surface area contributed by atoms with Crippen molar-refractivity contribution in [1.29, 1.82) is 0 Å². The molecule has 3 aromatic rings. The molecule has 0 saturated carbocycles. The molecule has 7 nitrogen and oxygen atoms in total. The Morgan fingerprint density at radius 3 is 2.79 bits per heavy atom. The van der Waals surface area contributed by atoms with Crippen LogP contribution in [0.25, 0.3) is 0 Å².